The maximum atomic E-state index is 12.6. The number of carbonyl (C=O) groups is 1. The Labute approximate surface area is 163 Å². The van der Waals surface area contributed by atoms with Gasteiger partial charge in [0.1, 0.15) is 11.3 Å². The van der Waals surface area contributed by atoms with Gasteiger partial charge in [-0.15, -0.1) is 0 Å². The molecule has 2 saturated heterocycles. The summed E-state index contributed by atoms with van der Waals surface area (Å²) in [5, 5.41) is 9.85. The van der Waals surface area contributed by atoms with Crippen molar-refractivity contribution in [1.82, 2.24) is 4.90 Å². The second-order valence-corrected chi connectivity index (χ2v) is 9.00. The summed E-state index contributed by atoms with van der Waals surface area (Å²) in [5.41, 5.74) is 6.60. The molecule has 3 atom stereocenters. The Morgan fingerprint density at radius 2 is 2.07 bits per heavy atom. The maximum absolute atomic E-state index is 12.6. The van der Waals surface area contributed by atoms with Gasteiger partial charge < -0.3 is 10.8 Å². The summed E-state index contributed by atoms with van der Waals surface area (Å²) < 4.78 is 0. The van der Waals surface area contributed by atoms with Crippen molar-refractivity contribution < 1.29 is 9.90 Å². The third-order valence-corrected chi connectivity index (χ3v) is 7.37. The molecule has 3 N–H and O–H groups in total. The van der Waals surface area contributed by atoms with Crippen LogP contribution < -0.4 is 5.73 Å². The monoisotopic (exact) mass is 369 g/mol. The number of nitrogens with zero attached hydrogens (tertiary/aromatic N) is 1. The minimum absolute atomic E-state index is 0.166. The van der Waals surface area contributed by atoms with Crippen LogP contribution in [0.5, 0.6) is 5.75 Å². The summed E-state index contributed by atoms with van der Waals surface area (Å²) in [6.45, 7) is 0.886. The average Bonchev–Trinajstić information content (AvgIpc) is 2.88. The van der Waals surface area contributed by atoms with Gasteiger partial charge in [0.05, 0.1) is 0 Å². The Morgan fingerprint density at radius 3 is 2.81 bits per heavy atom. The van der Waals surface area contributed by atoms with Crippen LogP contribution >= 0.6 is 0 Å². The molecule has 4 heteroatoms. The first-order valence-electron chi connectivity index (χ1n) is 10.8. The number of nitrogens with two attached hydrogens (primary N) is 1. The smallest absolute Gasteiger partial charge is 0.237 e. The zero-order valence-corrected chi connectivity index (χ0v) is 16.3. The summed E-state index contributed by atoms with van der Waals surface area (Å²) in [4.78, 5) is 15.0. The second kappa shape index (κ2) is 7.83. The highest BCUT2D eigenvalue weighted by Crippen LogP contribution is 2.50. The van der Waals surface area contributed by atoms with E-state index in [4.69, 9.17) is 5.73 Å². The number of primary amides is 1. The van der Waals surface area contributed by atoms with Gasteiger partial charge in [0.25, 0.3) is 0 Å². The van der Waals surface area contributed by atoms with Gasteiger partial charge in [0.15, 0.2) is 0 Å². The van der Waals surface area contributed by atoms with Crippen LogP contribution in [0.2, 0.25) is 0 Å². The van der Waals surface area contributed by atoms with E-state index in [0.717, 1.165) is 43.7 Å². The van der Waals surface area contributed by atoms with E-state index in [-0.39, 0.29) is 5.91 Å². The van der Waals surface area contributed by atoms with E-state index in [9.17, 15) is 9.90 Å². The van der Waals surface area contributed by atoms with Crippen LogP contribution in [-0.4, -0.2) is 34.0 Å². The first kappa shape index (κ1) is 18.8. The number of phenolic OH excluding ortho intramolecular Hbond substituents is 1. The predicted octanol–water partition coefficient (Wildman–Crippen LogP) is 4.13. The molecule has 3 aliphatic rings. The lowest BCUT2D eigenvalue weighted by Gasteiger charge is -2.46. The molecule has 3 fully saturated rings. The summed E-state index contributed by atoms with van der Waals surface area (Å²) in [5.74, 6) is 1.27. The number of benzene rings is 1. The van der Waals surface area contributed by atoms with E-state index in [2.05, 4.69) is 17.4 Å². The molecule has 0 aromatic heterocycles. The summed E-state index contributed by atoms with van der Waals surface area (Å²) >= 11 is 0. The number of hydrogen-bond donors (Lipinski definition) is 2. The number of fused-ring (bicyclic) bond motifs is 2. The fraction of sp³-hybridized carbons (Fsp3) is 0.652. The first-order valence-corrected chi connectivity index (χ1v) is 10.8. The Balaban J connectivity index is 1.44. The number of piperidine rings is 1. The van der Waals surface area contributed by atoms with Crippen LogP contribution in [0.15, 0.2) is 24.3 Å². The van der Waals surface area contributed by atoms with Gasteiger partial charge in [-0.05, 0) is 68.1 Å². The van der Waals surface area contributed by atoms with Gasteiger partial charge in [-0.25, -0.2) is 0 Å². The Hall–Kier alpha value is -1.55. The molecule has 27 heavy (non-hydrogen) atoms. The van der Waals surface area contributed by atoms with Crippen LogP contribution in [0.3, 0.4) is 0 Å². The topological polar surface area (TPSA) is 66.6 Å². The zero-order valence-electron chi connectivity index (χ0n) is 16.3. The van der Waals surface area contributed by atoms with Gasteiger partial charge in [0, 0.05) is 12.6 Å². The molecule has 2 bridgehead atoms. The molecule has 1 aromatic rings. The molecule has 1 amide bonds. The van der Waals surface area contributed by atoms with Crippen molar-refractivity contribution in [1.29, 1.82) is 0 Å². The average molecular weight is 370 g/mol. The quantitative estimate of drug-likeness (QED) is 0.792. The third-order valence-electron chi connectivity index (χ3n) is 7.37. The molecule has 2 aliphatic heterocycles. The van der Waals surface area contributed by atoms with Crippen molar-refractivity contribution in [3.63, 3.8) is 0 Å². The zero-order chi connectivity index (χ0) is 18.9. The standard InChI is InChI=1S/C23H33N2O2/c24-22(27)23-12-11-20(14-19(16-23)18-9-4-10-21(26)15-18)25(23)13-5-8-17-6-2-1-3-7-17/h4-5,9-10,15,17,19-20,26H,1-3,6-8,11-14,16H2,(H2,24,27). The van der Waals surface area contributed by atoms with Gasteiger partial charge in [-0.2, -0.15) is 0 Å². The SMILES string of the molecule is NC(=O)C12CCC(CC(c3cccc(O)c3)C1)N2C[CH]CC1CCCCC1. The molecule has 3 unspecified atom stereocenters. The van der Waals surface area contributed by atoms with Crippen molar-refractivity contribution in [3.8, 4) is 5.75 Å². The van der Waals surface area contributed by atoms with E-state index in [1.165, 1.54) is 38.5 Å². The Bertz CT molecular complexity index is 670. The van der Waals surface area contributed by atoms with Crippen LogP contribution in [0.25, 0.3) is 0 Å². The normalized spacial score (nSPS) is 31.9. The number of phenols is 1. The fourth-order valence-corrected chi connectivity index (χ4v) is 5.93. The second-order valence-electron chi connectivity index (χ2n) is 9.00. The van der Waals surface area contributed by atoms with E-state index < -0.39 is 5.54 Å². The molecular weight excluding hydrogens is 336 g/mol. The first-order chi connectivity index (χ1) is 13.1. The minimum atomic E-state index is -0.512. The highest BCUT2D eigenvalue weighted by atomic mass is 16.3. The molecular formula is C23H33N2O2. The number of carbonyl (C=O) groups excluding carboxylic acids is 1. The Kier molecular flexibility index (Phi) is 5.45. The van der Waals surface area contributed by atoms with Crippen LogP contribution in [0.1, 0.15) is 75.7 Å². The van der Waals surface area contributed by atoms with Gasteiger partial charge in [0.2, 0.25) is 5.91 Å². The minimum Gasteiger partial charge on any atom is -0.508 e. The van der Waals surface area contributed by atoms with Gasteiger partial charge >= 0.3 is 0 Å². The molecule has 1 aliphatic carbocycles. The van der Waals surface area contributed by atoms with Gasteiger partial charge in [-0.1, -0.05) is 44.2 Å². The summed E-state index contributed by atoms with van der Waals surface area (Å²) in [7, 11) is 0. The third kappa shape index (κ3) is 3.73. The predicted molar refractivity (Wildman–Crippen MR) is 107 cm³/mol. The fourth-order valence-electron chi connectivity index (χ4n) is 5.93. The maximum Gasteiger partial charge on any atom is 0.237 e. The number of hydrogen-bond acceptors (Lipinski definition) is 3. The van der Waals surface area contributed by atoms with Crippen molar-refractivity contribution in [2.24, 2.45) is 11.7 Å². The highest BCUT2D eigenvalue weighted by Gasteiger charge is 2.55. The van der Waals surface area contributed by atoms with Crippen molar-refractivity contribution >= 4 is 5.91 Å². The van der Waals surface area contributed by atoms with Crippen LogP contribution in [0, 0.1) is 12.3 Å². The largest absolute Gasteiger partial charge is 0.508 e. The number of rotatable bonds is 6. The lowest BCUT2D eigenvalue weighted by Crippen LogP contribution is -2.59. The molecule has 2 heterocycles. The molecule has 147 valence electrons. The number of amides is 1. The van der Waals surface area contributed by atoms with Crippen molar-refractivity contribution in [2.75, 3.05) is 6.54 Å². The summed E-state index contributed by atoms with van der Waals surface area (Å²) in [6, 6.07) is 7.94. The lowest BCUT2D eigenvalue weighted by molar-refractivity contribution is -0.131. The van der Waals surface area contributed by atoms with Crippen molar-refractivity contribution in [3.05, 3.63) is 36.2 Å². The molecule has 4 rings (SSSR count). The molecule has 4 nitrogen and oxygen atoms in total. The van der Waals surface area contributed by atoms with E-state index in [1.54, 1.807) is 6.07 Å². The molecule has 1 radical (unpaired) electrons. The van der Waals surface area contributed by atoms with Gasteiger partial charge in [-0.3, -0.25) is 9.69 Å². The molecule has 0 spiro atoms. The summed E-state index contributed by atoms with van der Waals surface area (Å²) in [6.07, 6.45) is 14.2. The van der Waals surface area contributed by atoms with Crippen LogP contribution in [-0.2, 0) is 4.79 Å². The lowest BCUT2D eigenvalue weighted by atomic mass is 9.77. The van der Waals surface area contributed by atoms with E-state index in [0.29, 0.717) is 17.7 Å². The van der Waals surface area contributed by atoms with E-state index in [1.807, 2.05) is 12.1 Å². The number of aromatic hydroxyl groups is 1. The highest BCUT2D eigenvalue weighted by molar-refractivity contribution is 5.85. The van der Waals surface area contributed by atoms with Crippen LogP contribution in [0.4, 0.5) is 0 Å². The molecule has 1 saturated carbocycles. The Morgan fingerprint density at radius 1 is 1.26 bits per heavy atom. The van der Waals surface area contributed by atoms with Crippen molar-refractivity contribution in [2.45, 2.75) is 81.7 Å². The van der Waals surface area contributed by atoms with E-state index >= 15 is 0 Å². The molecule has 1 aromatic carbocycles.